The number of hydrogen-bond donors (Lipinski definition) is 1. The van der Waals surface area contributed by atoms with Gasteiger partial charge in [0.25, 0.3) is 0 Å². The first-order chi connectivity index (χ1) is 8.61. The Labute approximate surface area is 114 Å². The van der Waals surface area contributed by atoms with Gasteiger partial charge in [0.1, 0.15) is 6.07 Å². The van der Waals surface area contributed by atoms with Crippen molar-refractivity contribution in [2.45, 2.75) is 13.8 Å². The second-order valence-electron chi connectivity index (χ2n) is 3.94. The number of halogens is 1. The van der Waals surface area contributed by atoms with Crippen LogP contribution in [0.4, 0.5) is 11.5 Å². The maximum atomic E-state index is 9.01. The molecule has 4 nitrogen and oxygen atoms in total. The maximum absolute atomic E-state index is 9.01. The van der Waals surface area contributed by atoms with E-state index in [0.717, 1.165) is 21.3 Å². The van der Waals surface area contributed by atoms with E-state index in [0.29, 0.717) is 11.4 Å². The first-order valence-electron chi connectivity index (χ1n) is 5.37. The number of nitriles is 1. The van der Waals surface area contributed by atoms with Crippen LogP contribution in [0.3, 0.4) is 0 Å². The Kier molecular flexibility index (Phi) is 3.58. The van der Waals surface area contributed by atoms with E-state index in [-0.39, 0.29) is 0 Å². The van der Waals surface area contributed by atoms with Gasteiger partial charge in [-0.1, -0.05) is 15.9 Å². The number of nitrogens with one attached hydrogen (secondary N) is 1. The van der Waals surface area contributed by atoms with Crippen molar-refractivity contribution in [3.63, 3.8) is 0 Å². The van der Waals surface area contributed by atoms with E-state index in [4.69, 9.17) is 5.26 Å². The fraction of sp³-hybridized carbons (Fsp3) is 0.154. The summed E-state index contributed by atoms with van der Waals surface area (Å²) in [6.45, 7) is 4.00. The third-order valence-corrected chi connectivity index (χ3v) is 3.04. The first-order valence-corrected chi connectivity index (χ1v) is 6.16. The summed E-state index contributed by atoms with van der Waals surface area (Å²) < 4.78 is 1.03. The molecule has 1 aromatic heterocycles. The van der Waals surface area contributed by atoms with Gasteiger partial charge in [0, 0.05) is 10.2 Å². The van der Waals surface area contributed by atoms with Crippen molar-refractivity contribution in [2.24, 2.45) is 0 Å². The third kappa shape index (κ3) is 2.49. The molecule has 0 spiro atoms. The summed E-state index contributed by atoms with van der Waals surface area (Å²) in [5.74, 6) is 0.480. The van der Waals surface area contributed by atoms with Gasteiger partial charge in [0.15, 0.2) is 5.82 Å². The van der Waals surface area contributed by atoms with Crippen molar-refractivity contribution in [3.8, 4) is 6.07 Å². The zero-order valence-electron chi connectivity index (χ0n) is 10.0. The van der Waals surface area contributed by atoms with Crippen molar-refractivity contribution in [3.05, 3.63) is 45.6 Å². The van der Waals surface area contributed by atoms with E-state index in [2.05, 4.69) is 37.5 Å². The van der Waals surface area contributed by atoms with Crippen LogP contribution in [0, 0.1) is 25.2 Å². The molecular formula is C13H11BrN4. The Morgan fingerprint density at radius 2 is 1.94 bits per heavy atom. The fourth-order valence-electron chi connectivity index (χ4n) is 1.74. The Morgan fingerprint density at radius 1 is 1.28 bits per heavy atom. The molecule has 0 aliphatic rings. The van der Waals surface area contributed by atoms with E-state index in [9.17, 15) is 0 Å². The summed E-state index contributed by atoms with van der Waals surface area (Å²) in [7, 11) is 0. The lowest BCUT2D eigenvalue weighted by Crippen LogP contribution is -2.01. The summed E-state index contributed by atoms with van der Waals surface area (Å²) in [5.41, 5.74) is 3.59. The van der Waals surface area contributed by atoms with Gasteiger partial charge < -0.3 is 5.32 Å². The van der Waals surface area contributed by atoms with Crippen molar-refractivity contribution in [2.75, 3.05) is 5.32 Å². The van der Waals surface area contributed by atoms with Gasteiger partial charge in [-0.2, -0.15) is 10.4 Å². The molecule has 0 aliphatic carbocycles. The number of rotatable bonds is 2. The van der Waals surface area contributed by atoms with E-state index in [1.165, 1.54) is 6.20 Å². The molecule has 18 heavy (non-hydrogen) atoms. The van der Waals surface area contributed by atoms with Gasteiger partial charge >= 0.3 is 0 Å². The van der Waals surface area contributed by atoms with Crippen LogP contribution < -0.4 is 5.32 Å². The van der Waals surface area contributed by atoms with E-state index >= 15 is 0 Å². The van der Waals surface area contributed by atoms with Gasteiger partial charge in [-0.25, -0.2) is 0 Å². The van der Waals surface area contributed by atoms with Crippen LogP contribution in [-0.2, 0) is 0 Å². The third-order valence-electron chi connectivity index (χ3n) is 2.58. The minimum Gasteiger partial charge on any atom is -0.337 e. The normalized spacial score (nSPS) is 9.89. The highest BCUT2D eigenvalue weighted by Gasteiger charge is 2.08. The van der Waals surface area contributed by atoms with Gasteiger partial charge in [0.05, 0.1) is 11.8 Å². The summed E-state index contributed by atoms with van der Waals surface area (Å²) in [6, 6.07) is 7.75. The topological polar surface area (TPSA) is 61.6 Å². The smallest absolute Gasteiger partial charge is 0.171 e. The molecule has 2 aromatic rings. The molecule has 0 saturated heterocycles. The molecule has 0 aliphatic heterocycles. The summed E-state index contributed by atoms with van der Waals surface area (Å²) >= 11 is 3.45. The molecule has 2 rings (SSSR count). The lowest BCUT2D eigenvalue weighted by atomic mass is 10.1. The minimum atomic E-state index is 0.478. The predicted octanol–water partition coefficient (Wildman–Crippen LogP) is 3.47. The van der Waals surface area contributed by atoms with Crippen LogP contribution in [0.5, 0.6) is 0 Å². The number of benzene rings is 1. The quantitative estimate of drug-likeness (QED) is 0.922. The highest BCUT2D eigenvalue weighted by Crippen LogP contribution is 2.28. The van der Waals surface area contributed by atoms with Gasteiger partial charge in [-0.15, -0.1) is 5.10 Å². The summed E-state index contributed by atoms with van der Waals surface area (Å²) in [5, 5.41) is 19.9. The molecule has 1 heterocycles. The van der Waals surface area contributed by atoms with Gasteiger partial charge in [0.2, 0.25) is 0 Å². The Hall–Kier alpha value is -1.93. The standard InChI is InChI=1S/C13H11BrN4/c1-8-5-11(14)6-9(2)12(8)17-13-10(7-15)3-4-16-18-13/h3-6H,1-2H3,(H,17,18). The average molecular weight is 303 g/mol. The molecule has 90 valence electrons. The van der Waals surface area contributed by atoms with Crippen molar-refractivity contribution < 1.29 is 0 Å². The molecule has 5 heteroatoms. The Morgan fingerprint density at radius 3 is 2.56 bits per heavy atom. The summed E-state index contributed by atoms with van der Waals surface area (Å²) in [6.07, 6.45) is 1.50. The Bertz CT molecular complexity index is 608. The summed E-state index contributed by atoms with van der Waals surface area (Å²) in [4.78, 5) is 0. The first kappa shape index (κ1) is 12.5. The number of aryl methyl sites for hydroxylation is 2. The molecule has 0 amide bonds. The molecule has 0 atom stereocenters. The lowest BCUT2D eigenvalue weighted by Gasteiger charge is -2.12. The molecular weight excluding hydrogens is 292 g/mol. The van der Waals surface area contributed by atoms with Gasteiger partial charge in [-0.05, 0) is 43.2 Å². The number of hydrogen-bond acceptors (Lipinski definition) is 4. The van der Waals surface area contributed by atoms with E-state index in [1.807, 2.05) is 26.0 Å². The second kappa shape index (κ2) is 5.15. The number of nitrogens with zero attached hydrogens (tertiary/aromatic N) is 3. The molecule has 0 unspecified atom stereocenters. The molecule has 0 radical (unpaired) electrons. The molecule has 0 bridgehead atoms. The maximum Gasteiger partial charge on any atom is 0.171 e. The Balaban J connectivity index is 2.44. The fourth-order valence-corrected chi connectivity index (χ4v) is 2.43. The number of aromatic nitrogens is 2. The van der Waals surface area contributed by atoms with Crippen molar-refractivity contribution in [1.82, 2.24) is 10.2 Å². The van der Waals surface area contributed by atoms with Crippen molar-refractivity contribution >= 4 is 27.4 Å². The van der Waals surface area contributed by atoms with E-state index in [1.54, 1.807) is 6.07 Å². The predicted molar refractivity (Wildman–Crippen MR) is 73.6 cm³/mol. The highest BCUT2D eigenvalue weighted by atomic mass is 79.9. The largest absolute Gasteiger partial charge is 0.337 e. The van der Waals surface area contributed by atoms with Gasteiger partial charge in [-0.3, -0.25) is 0 Å². The minimum absolute atomic E-state index is 0.478. The zero-order chi connectivity index (χ0) is 13.1. The lowest BCUT2D eigenvalue weighted by molar-refractivity contribution is 1.03. The van der Waals surface area contributed by atoms with E-state index < -0.39 is 0 Å². The highest BCUT2D eigenvalue weighted by molar-refractivity contribution is 9.10. The molecule has 0 fully saturated rings. The SMILES string of the molecule is Cc1cc(Br)cc(C)c1Nc1nnccc1C#N. The monoisotopic (exact) mass is 302 g/mol. The second-order valence-corrected chi connectivity index (χ2v) is 4.86. The van der Waals surface area contributed by atoms with Crippen LogP contribution in [0.1, 0.15) is 16.7 Å². The van der Waals surface area contributed by atoms with Crippen molar-refractivity contribution in [1.29, 1.82) is 5.26 Å². The molecule has 0 saturated carbocycles. The van der Waals surface area contributed by atoms with Crippen LogP contribution >= 0.6 is 15.9 Å². The molecule has 1 aromatic carbocycles. The van der Waals surface area contributed by atoms with Crippen LogP contribution in [0.2, 0.25) is 0 Å². The average Bonchev–Trinajstić information content (AvgIpc) is 2.34. The number of anilines is 2. The van der Waals surface area contributed by atoms with Crippen LogP contribution in [0.15, 0.2) is 28.9 Å². The zero-order valence-corrected chi connectivity index (χ0v) is 11.6. The van der Waals surface area contributed by atoms with Crippen LogP contribution in [0.25, 0.3) is 0 Å². The molecule has 1 N–H and O–H groups in total. The van der Waals surface area contributed by atoms with Crippen LogP contribution in [-0.4, -0.2) is 10.2 Å².